The smallest absolute Gasteiger partial charge is 0.354 e. The van der Waals surface area contributed by atoms with Gasteiger partial charge in [0, 0.05) is 34.9 Å². The lowest BCUT2D eigenvalue weighted by Crippen LogP contribution is -2.18. The minimum Gasteiger partial charge on any atom is -0.456 e. The van der Waals surface area contributed by atoms with E-state index in [0.29, 0.717) is 19.0 Å². The van der Waals surface area contributed by atoms with Crippen molar-refractivity contribution in [2.45, 2.75) is 26.8 Å². The molecule has 0 fully saturated rings. The molecule has 0 radical (unpaired) electrons. The summed E-state index contributed by atoms with van der Waals surface area (Å²) in [5.74, 6) is 2.16. The van der Waals surface area contributed by atoms with E-state index in [2.05, 4.69) is 11.9 Å². The molecule has 0 spiro atoms. The molecule has 1 aromatic carbocycles. The van der Waals surface area contributed by atoms with Gasteiger partial charge in [0.15, 0.2) is 0 Å². The quantitative estimate of drug-likeness (QED) is 0.632. The van der Waals surface area contributed by atoms with Gasteiger partial charge in [0.2, 0.25) is 0 Å². The predicted molar refractivity (Wildman–Crippen MR) is 101 cm³/mol. The van der Waals surface area contributed by atoms with Crippen molar-refractivity contribution in [1.29, 1.82) is 0 Å². The first-order chi connectivity index (χ1) is 12.0. The maximum atomic E-state index is 12.7. The van der Waals surface area contributed by atoms with Crippen molar-refractivity contribution in [3.8, 4) is 0 Å². The Morgan fingerprint density at radius 2 is 2.00 bits per heavy atom. The number of furan rings is 1. The van der Waals surface area contributed by atoms with Gasteiger partial charge in [-0.25, -0.2) is 0 Å². The molecule has 0 saturated carbocycles. The van der Waals surface area contributed by atoms with Gasteiger partial charge in [-0.2, -0.15) is 0 Å². The van der Waals surface area contributed by atoms with E-state index >= 15 is 0 Å². The first kappa shape index (κ1) is 18.7. The van der Waals surface area contributed by atoms with Gasteiger partial charge >= 0.3 is 7.60 Å². The minimum absolute atomic E-state index is 0.317. The molecule has 25 heavy (non-hydrogen) atoms. The lowest BCUT2D eigenvalue weighted by molar-refractivity contribution is 0.229. The van der Waals surface area contributed by atoms with Crippen molar-refractivity contribution < 1.29 is 18.0 Å². The highest BCUT2D eigenvalue weighted by molar-refractivity contribution is 7.57. The summed E-state index contributed by atoms with van der Waals surface area (Å²) in [6, 6.07) is 3.76. The molecule has 7 heteroatoms. The van der Waals surface area contributed by atoms with E-state index in [4.69, 9.17) is 25.1 Å². The van der Waals surface area contributed by atoms with Crippen molar-refractivity contribution in [2.75, 3.05) is 26.8 Å². The second kappa shape index (κ2) is 7.65. The van der Waals surface area contributed by atoms with Crippen molar-refractivity contribution in [2.24, 2.45) is 0 Å². The van der Waals surface area contributed by atoms with E-state index in [1.807, 2.05) is 12.1 Å². The molecule has 0 amide bonds. The third-order valence-corrected chi connectivity index (χ3v) is 6.34. The van der Waals surface area contributed by atoms with Gasteiger partial charge in [0.05, 0.1) is 13.2 Å². The molecule has 1 aromatic heterocycles. The topological polar surface area (TPSA) is 51.9 Å². The van der Waals surface area contributed by atoms with Gasteiger partial charge in [-0.05, 0) is 51.1 Å². The number of likely N-dealkylation sites (N-methyl/N-ethyl adjacent to an activating group) is 1. The molecule has 1 aliphatic rings. The molecule has 0 aliphatic carbocycles. The van der Waals surface area contributed by atoms with Crippen LogP contribution >= 0.6 is 19.2 Å². The first-order valence-corrected chi connectivity index (χ1v) is 10.5. The van der Waals surface area contributed by atoms with Gasteiger partial charge < -0.3 is 18.4 Å². The van der Waals surface area contributed by atoms with E-state index in [0.717, 1.165) is 46.6 Å². The van der Waals surface area contributed by atoms with Gasteiger partial charge in [-0.3, -0.25) is 4.57 Å². The molecule has 136 valence electrons. The van der Waals surface area contributed by atoms with Crippen molar-refractivity contribution in [1.82, 2.24) is 4.90 Å². The molecule has 0 atom stereocenters. The maximum Gasteiger partial charge on any atom is 0.354 e. The molecule has 2 aromatic rings. The number of nitrogens with zero attached hydrogens (tertiary/aromatic N) is 1. The molecule has 0 bridgehead atoms. The normalized spacial score (nSPS) is 16.0. The average molecular weight is 384 g/mol. The van der Waals surface area contributed by atoms with Crippen molar-refractivity contribution >= 4 is 36.2 Å². The fourth-order valence-electron chi connectivity index (χ4n) is 3.15. The van der Waals surface area contributed by atoms with Crippen LogP contribution < -0.4 is 0 Å². The maximum absolute atomic E-state index is 12.7. The number of hydrogen-bond acceptors (Lipinski definition) is 5. The summed E-state index contributed by atoms with van der Waals surface area (Å²) in [5, 5.41) is 1.83. The Balaban J connectivity index is 2.08. The van der Waals surface area contributed by atoms with Crippen LogP contribution in [0.4, 0.5) is 0 Å². The van der Waals surface area contributed by atoms with E-state index in [-0.39, 0.29) is 0 Å². The summed E-state index contributed by atoms with van der Waals surface area (Å²) in [7, 11) is -1.20. The van der Waals surface area contributed by atoms with E-state index in [9.17, 15) is 4.57 Å². The molecule has 1 aliphatic heterocycles. The Morgan fingerprint density at radius 3 is 2.68 bits per heavy atom. The Bertz CT molecular complexity index is 835. The molecular formula is C18H23ClNO4P. The molecule has 0 N–H and O–H groups in total. The van der Waals surface area contributed by atoms with Crippen molar-refractivity contribution in [3.63, 3.8) is 0 Å². The lowest BCUT2D eigenvalue weighted by atomic mass is 10.0. The lowest BCUT2D eigenvalue weighted by Gasteiger charge is -2.14. The molecule has 2 heterocycles. The first-order valence-electron chi connectivity index (χ1n) is 8.46. The fourth-order valence-corrected chi connectivity index (χ4v) is 4.69. The third kappa shape index (κ3) is 3.86. The number of benzene rings is 1. The summed E-state index contributed by atoms with van der Waals surface area (Å²) in [5.41, 5.74) is 2.97. The molecule has 0 saturated heterocycles. The van der Waals surface area contributed by atoms with Crippen LogP contribution in [0.25, 0.3) is 17.0 Å². The van der Waals surface area contributed by atoms with E-state index in [1.165, 1.54) is 5.82 Å². The van der Waals surface area contributed by atoms with Gasteiger partial charge in [-0.15, -0.1) is 0 Å². The zero-order valence-corrected chi connectivity index (χ0v) is 16.4. The second-order valence-corrected chi connectivity index (χ2v) is 8.32. The van der Waals surface area contributed by atoms with E-state index < -0.39 is 7.60 Å². The van der Waals surface area contributed by atoms with E-state index in [1.54, 1.807) is 19.9 Å². The van der Waals surface area contributed by atoms with Crippen LogP contribution in [-0.4, -0.2) is 31.7 Å². The Morgan fingerprint density at radius 1 is 1.28 bits per heavy atom. The highest BCUT2D eigenvalue weighted by Gasteiger charge is 2.24. The molecule has 0 unspecified atom stereocenters. The number of hydrogen-bond donors (Lipinski definition) is 0. The summed E-state index contributed by atoms with van der Waals surface area (Å²) in [6.07, 6.45) is 2.58. The highest BCUT2D eigenvalue weighted by atomic mass is 35.5. The molecular weight excluding hydrogens is 361 g/mol. The fraction of sp³-hybridized carbons (Fsp3) is 0.444. The summed E-state index contributed by atoms with van der Waals surface area (Å²) in [6.45, 7) is 5.88. The monoisotopic (exact) mass is 383 g/mol. The summed E-state index contributed by atoms with van der Waals surface area (Å²) >= 11 is 6.41. The second-order valence-electron chi connectivity index (χ2n) is 6.02. The standard InChI is InChI=1S/C18H23ClNO4P/c1-4-22-25(21,23-5-2)11-9-16-14-12-20(3)10-8-13-15(19)6-7-17(24-16)18(13)14/h6-7,9,11H,4-5,8,10,12H2,1-3H3. The Kier molecular flexibility index (Phi) is 5.71. The minimum atomic E-state index is -3.27. The Labute approximate surface area is 153 Å². The van der Waals surface area contributed by atoms with Crippen molar-refractivity contribution in [3.05, 3.63) is 39.9 Å². The highest BCUT2D eigenvalue weighted by Crippen LogP contribution is 2.50. The number of rotatable bonds is 6. The van der Waals surface area contributed by atoms with Gasteiger partial charge in [0.1, 0.15) is 11.3 Å². The van der Waals surface area contributed by atoms with Crippen LogP contribution in [-0.2, 0) is 26.6 Å². The third-order valence-electron chi connectivity index (χ3n) is 4.23. The predicted octanol–water partition coefficient (Wildman–Crippen LogP) is 5.31. The van der Waals surface area contributed by atoms with Crippen LogP contribution in [0.5, 0.6) is 0 Å². The van der Waals surface area contributed by atoms with Crippen LogP contribution in [0.15, 0.2) is 22.4 Å². The van der Waals surface area contributed by atoms with Gasteiger partial charge in [-0.1, -0.05) is 11.6 Å². The molecule has 3 rings (SSSR count). The van der Waals surface area contributed by atoms with Crippen LogP contribution in [0.3, 0.4) is 0 Å². The summed E-state index contributed by atoms with van der Waals surface area (Å²) < 4.78 is 29.3. The van der Waals surface area contributed by atoms with Crippen LogP contribution in [0, 0.1) is 0 Å². The Hall–Kier alpha value is -1.10. The van der Waals surface area contributed by atoms with Crippen LogP contribution in [0.2, 0.25) is 5.02 Å². The number of halogens is 1. The SMILES string of the molecule is CCOP(=O)(C=Cc1oc2ccc(Cl)c3c2c1CN(C)CC3)OCC. The molecule has 5 nitrogen and oxygen atoms in total. The van der Waals surface area contributed by atoms with Gasteiger partial charge in [0.25, 0.3) is 0 Å². The van der Waals surface area contributed by atoms with Crippen LogP contribution in [0.1, 0.15) is 30.7 Å². The largest absolute Gasteiger partial charge is 0.456 e. The zero-order valence-electron chi connectivity index (χ0n) is 14.8. The zero-order chi connectivity index (χ0) is 18.0. The summed E-state index contributed by atoms with van der Waals surface area (Å²) in [4.78, 5) is 2.22. The average Bonchev–Trinajstić information content (AvgIpc) is 2.80.